The second kappa shape index (κ2) is 16.5. The Kier molecular flexibility index (Phi) is 13.3. The molecule has 0 spiro atoms. The smallest absolute Gasteiger partial charge is 0.433 e. The maximum absolute atomic E-state index is 12.1. The van der Waals surface area contributed by atoms with Gasteiger partial charge in [-0.05, 0) is 81.8 Å². The molecule has 7 N–H and O–H groups in total. The number of thioether (sulfide) groups is 2. The Bertz CT molecular complexity index is 2100. The van der Waals surface area contributed by atoms with Gasteiger partial charge in [-0.1, -0.05) is 16.8 Å². The van der Waals surface area contributed by atoms with Gasteiger partial charge in [0.1, 0.15) is 16.3 Å². The number of phenolic OH excluding ortho intramolecular Hbond substituents is 1. The van der Waals surface area contributed by atoms with Crippen molar-refractivity contribution in [1.82, 2.24) is 15.0 Å². The Morgan fingerprint density at radius 2 is 1.79 bits per heavy atom. The van der Waals surface area contributed by atoms with Gasteiger partial charge in [-0.2, -0.15) is 31.8 Å². The number of rotatable bonds is 12. The van der Waals surface area contributed by atoms with Crippen LogP contribution in [-0.2, 0) is 39.1 Å². The molecule has 1 heterocycles. The summed E-state index contributed by atoms with van der Waals surface area (Å²) in [7, 11) is -9.78. The second-order valence-electron chi connectivity index (χ2n) is 7.96. The van der Waals surface area contributed by atoms with Crippen molar-refractivity contribution in [2.24, 2.45) is 10.2 Å². The molecule has 0 unspecified atom stereocenters. The summed E-state index contributed by atoms with van der Waals surface area (Å²) >= 11 is 8.28. The van der Waals surface area contributed by atoms with Crippen LogP contribution in [0, 0.1) is 11.4 Å². The number of halogens is 1. The summed E-state index contributed by atoms with van der Waals surface area (Å²) < 4.78 is 71.4. The molecule has 4 aromatic rings. The molecule has 0 aliphatic heterocycles. The number of nitrogens with one attached hydrogen (secondary N) is 1. The molecule has 0 bridgehead atoms. The fourth-order valence-corrected chi connectivity index (χ4v) is 5.77. The number of phenols is 1. The van der Waals surface area contributed by atoms with Crippen LogP contribution in [0.4, 0.5) is 23.0 Å². The molecule has 250 valence electrons. The molecule has 0 amide bonds. The Morgan fingerprint density at radius 3 is 2.47 bits per heavy atom. The first-order valence-electron chi connectivity index (χ1n) is 11.5. The predicted octanol–water partition coefficient (Wildman–Crippen LogP) is 4.88. The summed E-state index contributed by atoms with van der Waals surface area (Å²) in [6.45, 7) is 0. The average Bonchev–Trinajstić information content (AvgIpc) is 2.98. The summed E-state index contributed by atoms with van der Waals surface area (Å²) in [5.41, 5.74) is -0.102. The molecule has 4 rings (SSSR count). The zero-order valence-corrected chi connectivity index (χ0v) is 27.6. The monoisotopic (exact) mass is 768 g/mol. The number of aromatic hydroxyl groups is 1. The maximum atomic E-state index is 12.1. The third kappa shape index (κ3) is 10.7. The Morgan fingerprint density at radius 1 is 1.02 bits per heavy atom. The van der Waals surface area contributed by atoms with Gasteiger partial charge in [0.05, 0.1) is 16.9 Å². The zero-order chi connectivity index (χ0) is 33.5. The molecular formula is C22H17ClN6O13S5. The molecule has 25 heteroatoms. The molecule has 3 aromatic carbocycles. The number of aromatic nitrogens is 3. The van der Waals surface area contributed by atoms with Gasteiger partial charge in [0, 0.05) is 21.2 Å². The number of hydrogen-bond donors (Lipinski definition) is 5. The van der Waals surface area contributed by atoms with Gasteiger partial charge in [0.25, 0.3) is 10.1 Å². The van der Waals surface area contributed by atoms with Gasteiger partial charge >= 0.3 is 10.4 Å². The van der Waals surface area contributed by atoms with Gasteiger partial charge in [0.2, 0.25) is 11.2 Å². The van der Waals surface area contributed by atoms with Gasteiger partial charge < -0.3 is 15.9 Å². The minimum absolute atomic E-state index is 0. The normalized spacial score (nSPS) is 11.6. The summed E-state index contributed by atoms with van der Waals surface area (Å²) in [4.78, 5) is 15.6. The SMILES string of the molecule is CSc1nc(Cl)nc(Nc2ccc3c(O)c(N=Nc4ccc(SC#COOS(=O)(=O)O)cc4S(=O)(=O)O)c(SOOO)cc3c2)n1.O. The van der Waals surface area contributed by atoms with E-state index in [0.29, 0.717) is 40.0 Å². The van der Waals surface area contributed by atoms with Crippen LogP contribution in [-0.4, -0.2) is 63.0 Å². The fourth-order valence-electron chi connectivity index (χ4n) is 3.36. The molecule has 47 heavy (non-hydrogen) atoms. The first-order chi connectivity index (χ1) is 21.8. The topological polar surface area (TPSA) is 293 Å². The molecule has 0 atom stereocenters. The first kappa shape index (κ1) is 37.9. The Balaban J connectivity index is 0.00000600. The summed E-state index contributed by atoms with van der Waals surface area (Å²) in [6.07, 6.45) is 3.55. The first-order valence-corrected chi connectivity index (χ1v) is 17.4. The number of fused-ring (bicyclic) bond motifs is 1. The lowest BCUT2D eigenvalue weighted by atomic mass is 10.1. The van der Waals surface area contributed by atoms with E-state index in [0.717, 1.165) is 12.1 Å². The van der Waals surface area contributed by atoms with Crippen LogP contribution in [0.15, 0.2) is 72.5 Å². The molecule has 1 aromatic heterocycles. The van der Waals surface area contributed by atoms with Gasteiger partial charge in [0.15, 0.2) is 17.0 Å². The van der Waals surface area contributed by atoms with Crippen molar-refractivity contribution in [2.75, 3.05) is 11.6 Å². The van der Waals surface area contributed by atoms with Crippen molar-refractivity contribution in [3.05, 3.63) is 47.7 Å². The Labute approximate surface area is 282 Å². The second-order valence-corrected chi connectivity index (χ2v) is 13.1. The van der Waals surface area contributed by atoms with Crippen molar-refractivity contribution in [3.63, 3.8) is 0 Å². The largest absolute Gasteiger partial charge is 0.505 e. The highest BCUT2D eigenvalue weighted by Gasteiger charge is 2.19. The lowest BCUT2D eigenvalue weighted by Gasteiger charge is -2.11. The summed E-state index contributed by atoms with van der Waals surface area (Å²) in [5.74, 6) is -0.261. The van der Waals surface area contributed by atoms with E-state index in [2.05, 4.69) is 54.3 Å². The van der Waals surface area contributed by atoms with E-state index in [1.807, 2.05) is 0 Å². The minimum atomic E-state index is -4.90. The Hall–Kier alpha value is -3.55. The van der Waals surface area contributed by atoms with Gasteiger partial charge in [-0.3, -0.25) is 14.0 Å². The van der Waals surface area contributed by atoms with Crippen LogP contribution in [0.1, 0.15) is 0 Å². The molecular weight excluding hydrogens is 752 g/mol. The maximum Gasteiger partial charge on any atom is 0.433 e. The number of anilines is 2. The summed E-state index contributed by atoms with van der Waals surface area (Å²) in [5, 5.41) is 37.6. The number of benzene rings is 3. The third-order valence-electron chi connectivity index (χ3n) is 5.07. The fraction of sp³-hybridized carbons (Fsp3) is 0.0455. The molecule has 0 saturated carbocycles. The van der Waals surface area contributed by atoms with Gasteiger partial charge in [-0.25, -0.2) is 5.26 Å². The quantitative estimate of drug-likeness (QED) is 0.0244. The van der Waals surface area contributed by atoms with E-state index in [1.54, 1.807) is 24.5 Å². The van der Waals surface area contributed by atoms with Crippen molar-refractivity contribution < 1.29 is 60.4 Å². The van der Waals surface area contributed by atoms with Gasteiger partial charge in [-0.15, -0.1) is 14.6 Å². The van der Waals surface area contributed by atoms with Crippen LogP contribution in [0.2, 0.25) is 5.28 Å². The lowest BCUT2D eigenvalue weighted by Crippen LogP contribution is -2.01. The van der Waals surface area contributed by atoms with Crippen LogP contribution in [0.25, 0.3) is 10.8 Å². The van der Waals surface area contributed by atoms with Crippen molar-refractivity contribution in [2.45, 2.75) is 19.8 Å². The predicted molar refractivity (Wildman–Crippen MR) is 168 cm³/mol. The molecule has 0 radical (unpaired) electrons. The van der Waals surface area contributed by atoms with E-state index in [1.165, 1.54) is 30.0 Å². The van der Waals surface area contributed by atoms with Crippen LogP contribution in [0.3, 0.4) is 0 Å². The number of azo groups is 1. The number of nitrogens with zero attached hydrogens (tertiary/aromatic N) is 5. The van der Waals surface area contributed by atoms with E-state index in [4.69, 9.17) is 21.4 Å². The van der Waals surface area contributed by atoms with E-state index in [-0.39, 0.29) is 43.3 Å². The van der Waals surface area contributed by atoms with Crippen LogP contribution in [0.5, 0.6) is 5.75 Å². The average molecular weight is 769 g/mol. The molecule has 0 aliphatic rings. The highest BCUT2D eigenvalue weighted by molar-refractivity contribution is 8.04. The molecule has 0 aliphatic carbocycles. The zero-order valence-electron chi connectivity index (χ0n) is 22.8. The van der Waals surface area contributed by atoms with Crippen LogP contribution < -0.4 is 5.32 Å². The standard InChI is InChI=1S/C22H15ClN6O12S5.H2O/c1-42-22-26-20(23)25-21(27-22)24-12-2-4-14-11(8-12)9-16(44-40-39-31)18(19(14)30)29-28-15-5-3-13(10-17(15)45(32,33)34)43-7-6-38-41-46(35,36)37;/h2-5,8-10,30-31H,1H3,(H,32,33,34)(H,35,36,37)(H,24,25,26,27);1H2. The van der Waals surface area contributed by atoms with Crippen molar-refractivity contribution >= 4 is 101 Å². The van der Waals surface area contributed by atoms with E-state index < -0.39 is 31.2 Å². The highest BCUT2D eigenvalue weighted by Crippen LogP contribution is 2.45. The third-order valence-corrected chi connectivity index (χ3v) is 8.20. The summed E-state index contributed by atoms with van der Waals surface area (Å²) in [6, 6.07) is 9.67. The highest BCUT2D eigenvalue weighted by atomic mass is 35.5. The lowest BCUT2D eigenvalue weighted by molar-refractivity contribution is -0.432. The minimum Gasteiger partial charge on any atom is -0.505 e. The molecule has 19 nitrogen and oxygen atoms in total. The van der Waals surface area contributed by atoms with Crippen molar-refractivity contribution in [3.8, 4) is 17.1 Å². The van der Waals surface area contributed by atoms with Crippen LogP contribution >= 0.6 is 47.2 Å². The van der Waals surface area contributed by atoms with E-state index >= 15 is 0 Å². The van der Waals surface area contributed by atoms with Crippen molar-refractivity contribution in [1.29, 1.82) is 0 Å². The molecule has 0 fully saturated rings. The molecule has 0 saturated heterocycles. The van der Waals surface area contributed by atoms with E-state index in [9.17, 15) is 26.5 Å². The number of hydrogen-bond acceptors (Lipinski definition) is 19.